The van der Waals surface area contributed by atoms with Gasteiger partial charge in [0.15, 0.2) is 5.11 Å². The van der Waals surface area contributed by atoms with Gasteiger partial charge in [0, 0.05) is 32.2 Å². The van der Waals surface area contributed by atoms with Crippen molar-refractivity contribution in [3.63, 3.8) is 0 Å². The van der Waals surface area contributed by atoms with E-state index in [1.807, 2.05) is 37.3 Å². The van der Waals surface area contributed by atoms with Crippen LogP contribution in [0, 0.1) is 6.92 Å². The highest BCUT2D eigenvalue weighted by molar-refractivity contribution is 9.11. The number of hydrogen-bond donors (Lipinski definition) is 2. The molecule has 0 aliphatic carbocycles. The fraction of sp³-hybridized carbons (Fsp3) is 0.0588. The van der Waals surface area contributed by atoms with Crippen LogP contribution in [0.25, 0.3) is 11.0 Å². The zero-order valence-electron chi connectivity index (χ0n) is 12.5. The van der Waals surface area contributed by atoms with Crippen LogP contribution in [0.15, 0.2) is 60.6 Å². The Hall–Kier alpha value is -1.70. The Labute approximate surface area is 160 Å². The smallest absolute Gasteiger partial charge is 0.336 e. The Morgan fingerprint density at radius 2 is 1.88 bits per heavy atom. The van der Waals surface area contributed by atoms with Gasteiger partial charge in [0.1, 0.15) is 5.58 Å². The van der Waals surface area contributed by atoms with Crippen molar-refractivity contribution in [3.8, 4) is 0 Å². The molecule has 0 aliphatic rings. The van der Waals surface area contributed by atoms with Crippen molar-refractivity contribution in [1.82, 2.24) is 0 Å². The number of nitrogens with one attached hydrogen (secondary N) is 2. The molecule has 0 bridgehead atoms. The molecule has 4 nitrogen and oxygen atoms in total. The van der Waals surface area contributed by atoms with Crippen LogP contribution >= 0.6 is 44.1 Å². The average Bonchev–Trinajstić information content (AvgIpc) is 2.49. The zero-order valence-corrected chi connectivity index (χ0v) is 16.5. The maximum Gasteiger partial charge on any atom is 0.336 e. The molecule has 122 valence electrons. The third kappa shape index (κ3) is 3.85. The minimum Gasteiger partial charge on any atom is -0.423 e. The summed E-state index contributed by atoms with van der Waals surface area (Å²) in [6, 6.07) is 12.8. The third-order valence-electron chi connectivity index (χ3n) is 3.39. The summed E-state index contributed by atoms with van der Waals surface area (Å²) in [5, 5.41) is 7.54. The molecular weight excluding hydrogens is 456 g/mol. The number of benzene rings is 2. The molecule has 24 heavy (non-hydrogen) atoms. The second-order valence-corrected chi connectivity index (χ2v) is 7.34. The number of aryl methyl sites for hydroxylation is 1. The lowest BCUT2D eigenvalue weighted by Gasteiger charge is -2.12. The number of anilines is 2. The van der Waals surface area contributed by atoms with Crippen molar-refractivity contribution in [2.45, 2.75) is 6.92 Å². The van der Waals surface area contributed by atoms with E-state index >= 15 is 0 Å². The van der Waals surface area contributed by atoms with E-state index in [2.05, 4.69) is 42.5 Å². The Bertz CT molecular complexity index is 1000. The van der Waals surface area contributed by atoms with Gasteiger partial charge < -0.3 is 15.1 Å². The van der Waals surface area contributed by atoms with Crippen molar-refractivity contribution in [2.75, 3.05) is 10.6 Å². The van der Waals surface area contributed by atoms with E-state index in [9.17, 15) is 4.79 Å². The van der Waals surface area contributed by atoms with Gasteiger partial charge in [-0.3, -0.25) is 0 Å². The van der Waals surface area contributed by atoms with Crippen molar-refractivity contribution in [2.24, 2.45) is 0 Å². The fourth-order valence-corrected chi connectivity index (χ4v) is 3.65. The summed E-state index contributed by atoms with van der Waals surface area (Å²) in [6.45, 7) is 1.88. The average molecular weight is 468 g/mol. The summed E-state index contributed by atoms with van der Waals surface area (Å²) in [5.74, 6) is 0. The second-order valence-electron chi connectivity index (χ2n) is 5.16. The molecule has 0 amide bonds. The lowest BCUT2D eigenvalue weighted by atomic mass is 10.1. The zero-order chi connectivity index (χ0) is 17.3. The molecule has 3 rings (SSSR count). The van der Waals surface area contributed by atoms with Crippen LogP contribution in [0.4, 0.5) is 11.4 Å². The molecule has 0 atom stereocenters. The number of halogens is 2. The van der Waals surface area contributed by atoms with Crippen LogP contribution in [-0.2, 0) is 0 Å². The van der Waals surface area contributed by atoms with E-state index in [0.717, 1.165) is 31.3 Å². The first-order valence-corrected chi connectivity index (χ1v) is 8.99. The number of fused-ring (bicyclic) bond motifs is 1. The number of hydrogen-bond acceptors (Lipinski definition) is 3. The van der Waals surface area contributed by atoms with Gasteiger partial charge in [-0.1, -0.05) is 15.9 Å². The van der Waals surface area contributed by atoms with Gasteiger partial charge in [-0.2, -0.15) is 0 Å². The maximum atomic E-state index is 11.5. The lowest BCUT2D eigenvalue weighted by Crippen LogP contribution is -2.19. The van der Waals surface area contributed by atoms with Crippen LogP contribution in [0.1, 0.15) is 5.56 Å². The largest absolute Gasteiger partial charge is 0.423 e. The topological polar surface area (TPSA) is 54.3 Å². The molecule has 0 fully saturated rings. The molecule has 0 unspecified atom stereocenters. The first-order chi connectivity index (χ1) is 11.4. The molecule has 0 spiro atoms. The van der Waals surface area contributed by atoms with Crippen LogP contribution in [-0.4, -0.2) is 5.11 Å². The summed E-state index contributed by atoms with van der Waals surface area (Å²) in [7, 11) is 0. The SMILES string of the molecule is Cc1cc(=O)oc2cc(NC(=S)Nc3ccc(Br)cc3Br)ccc12. The molecule has 0 radical (unpaired) electrons. The summed E-state index contributed by atoms with van der Waals surface area (Å²) >= 11 is 12.2. The van der Waals surface area contributed by atoms with E-state index in [1.165, 1.54) is 6.07 Å². The fourth-order valence-electron chi connectivity index (χ4n) is 2.28. The quantitative estimate of drug-likeness (QED) is 0.388. The standard InChI is InChI=1S/C17H12Br2N2O2S/c1-9-6-16(22)23-15-8-11(3-4-12(9)15)20-17(24)21-14-5-2-10(18)7-13(14)19/h2-8H,1H3,(H2,20,21,24). The number of thiocarbonyl (C=S) groups is 1. The Balaban J connectivity index is 1.81. The molecule has 1 heterocycles. The molecule has 3 aromatic rings. The highest BCUT2D eigenvalue weighted by Crippen LogP contribution is 2.26. The van der Waals surface area contributed by atoms with Gasteiger partial charge in [0.05, 0.1) is 5.69 Å². The number of rotatable bonds is 2. The van der Waals surface area contributed by atoms with Gasteiger partial charge in [-0.05, 0) is 71.0 Å². The highest BCUT2D eigenvalue weighted by Gasteiger charge is 2.06. The van der Waals surface area contributed by atoms with E-state index < -0.39 is 0 Å². The van der Waals surface area contributed by atoms with Crippen molar-refractivity contribution < 1.29 is 4.42 Å². The molecule has 0 saturated carbocycles. The second kappa shape index (κ2) is 7.04. The Morgan fingerprint density at radius 3 is 2.62 bits per heavy atom. The van der Waals surface area contributed by atoms with Crippen LogP contribution < -0.4 is 16.3 Å². The van der Waals surface area contributed by atoms with Gasteiger partial charge in [0.2, 0.25) is 0 Å². The summed E-state index contributed by atoms with van der Waals surface area (Å²) in [5.41, 5.74) is 2.63. The maximum absolute atomic E-state index is 11.5. The van der Waals surface area contributed by atoms with Crippen molar-refractivity contribution >= 4 is 71.5 Å². The van der Waals surface area contributed by atoms with Crippen LogP contribution in [0.3, 0.4) is 0 Å². The molecule has 2 aromatic carbocycles. The van der Waals surface area contributed by atoms with Gasteiger partial charge >= 0.3 is 5.63 Å². The first kappa shape index (κ1) is 17.1. The minimum atomic E-state index is -0.364. The summed E-state index contributed by atoms with van der Waals surface area (Å²) < 4.78 is 7.10. The van der Waals surface area contributed by atoms with E-state index in [-0.39, 0.29) is 5.63 Å². The van der Waals surface area contributed by atoms with Gasteiger partial charge in [-0.25, -0.2) is 4.79 Å². The molecule has 2 N–H and O–H groups in total. The normalized spacial score (nSPS) is 10.6. The lowest BCUT2D eigenvalue weighted by molar-refractivity contribution is 0.560. The molecule has 7 heteroatoms. The molecule has 0 saturated heterocycles. The van der Waals surface area contributed by atoms with Crippen molar-refractivity contribution in [3.05, 3.63) is 67.4 Å². The first-order valence-electron chi connectivity index (χ1n) is 7.00. The predicted molar refractivity (Wildman–Crippen MR) is 109 cm³/mol. The van der Waals surface area contributed by atoms with E-state index in [1.54, 1.807) is 6.07 Å². The van der Waals surface area contributed by atoms with Gasteiger partial charge in [-0.15, -0.1) is 0 Å². The van der Waals surface area contributed by atoms with E-state index in [0.29, 0.717) is 10.7 Å². The Morgan fingerprint density at radius 1 is 1.08 bits per heavy atom. The monoisotopic (exact) mass is 466 g/mol. The third-order valence-corrected chi connectivity index (χ3v) is 4.74. The van der Waals surface area contributed by atoms with E-state index in [4.69, 9.17) is 16.6 Å². The van der Waals surface area contributed by atoms with Crippen LogP contribution in [0.5, 0.6) is 0 Å². The Kier molecular flexibility index (Phi) is 5.03. The molecule has 0 aliphatic heterocycles. The highest BCUT2D eigenvalue weighted by atomic mass is 79.9. The summed E-state index contributed by atoms with van der Waals surface area (Å²) in [4.78, 5) is 11.5. The van der Waals surface area contributed by atoms with Gasteiger partial charge in [0.25, 0.3) is 0 Å². The molecule has 1 aromatic heterocycles. The molecular formula is C17H12Br2N2O2S. The van der Waals surface area contributed by atoms with Crippen molar-refractivity contribution in [1.29, 1.82) is 0 Å². The minimum absolute atomic E-state index is 0.364. The summed E-state index contributed by atoms with van der Waals surface area (Å²) in [6.07, 6.45) is 0. The van der Waals surface area contributed by atoms with Crippen LogP contribution in [0.2, 0.25) is 0 Å². The predicted octanol–water partition coefficient (Wildman–Crippen LogP) is 5.44.